The standard InChI is InChI=1S/C22H23N3O3/c1-4-8-25-21(14-6-5-7-15(26)11-14)18-19(23-24-20(18)22(25)28)17-13(3)9-12(2)10-16(17)27/h5-7,9-11,21,26-27H,4,8H2,1-3H3,(H,23,24)/t21-/m0/s1. The normalized spacial score (nSPS) is 15.9. The minimum atomic E-state index is -0.372. The molecule has 0 saturated carbocycles. The number of phenols is 2. The summed E-state index contributed by atoms with van der Waals surface area (Å²) in [5.41, 5.74) is 5.04. The molecular weight excluding hydrogens is 354 g/mol. The van der Waals surface area contributed by atoms with Gasteiger partial charge in [-0.25, -0.2) is 0 Å². The van der Waals surface area contributed by atoms with E-state index in [-0.39, 0.29) is 23.4 Å². The van der Waals surface area contributed by atoms with E-state index in [9.17, 15) is 15.0 Å². The SMILES string of the molecule is CCCN1C(=O)c2[nH]nc(-c3c(C)cc(C)cc3O)c2[C@@H]1c1cccc(O)c1. The minimum absolute atomic E-state index is 0.117. The molecule has 2 heterocycles. The van der Waals surface area contributed by atoms with Crippen molar-refractivity contribution in [2.24, 2.45) is 0 Å². The van der Waals surface area contributed by atoms with E-state index in [0.29, 0.717) is 23.5 Å². The third-order valence-electron chi connectivity index (χ3n) is 5.21. The Labute approximate surface area is 163 Å². The molecule has 3 N–H and O–H groups in total. The van der Waals surface area contributed by atoms with Crippen LogP contribution in [-0.4, -0.2) is 37.8 Å². The number of fused-ring (bicyclic) bond motifs is 1. The fourth-order valence-corrected chi connectivity index (χ4v) is 4.15. The zero-order valence-electron chi connectivity index (χ0n) is 16.2. The lowest BCUT2D eigenvalue weighted by atomic mass is 9.93. The van der Waals surface area contributed by atoms with Crippen molar-refractivity contribution in [1.29, 1.82) is 0 Å². The molecule has 1 amide bonds. The molecule has 1 aliphatic heterocycles. The molecule has 6 heteroatoms. The van der Waals surface area contributed by atoms with Crippen molar-refractivity contribution >= 4 is 5.91 Å². The summed E-state index contributed by atoms with van der Waals surface area (Å²) in [7, 11) is 0. The van der Waals surface area contributed by atoms with Crippen LogP contribution in [0.4, 0.5) is 0 Å². The van der Waals surface area contributed by atoms with E-state index in [4.69, 9.17) is 0 Å². The molecule has 6 nitrogen and oxygen atoms in total. The number of carbonyl (C=O) groups is 1. The minimum Gasteiger partial charge on any atom is -0.508 e. The van der Waals surface area contributed by atoms with E-state index < -0.39 is 0 Å². The molecule has 0 unspecified atom stereocenters. The Morgan fingerprint density at radius 2 is 1.96 bits per heavy atom. The first-order chi connectivity index (χ1) is 13.4. The predicted octanol–water partition coefficient (Wildman–Crippen LogP) is 4.06. The van der Waals surface area contributed by atoms with Crippen LogP contribution in [0.1, 0.15) is 52.1 Å². The highest BCUT2D eigenvalue weighted by Gasteiger charge is 2.42. The van der Waals surface area contributed by atoms with Crippen LogP contribution in [0.3, 0.4) is 0 Å². The molecule has 0 aliphatic carbocycles. The molecule has 28 heavy (non-hydrogen) atoms. The van der Waals surface area contributed by atoms with Gasteiger partial charge in [-0.1, -0.05) is 25.1 Å². The third kappa shape index (κ3) is 2.72. The van der Waals surface area contributed by atoms with Crippen molar-refractivity contribution < 1.29 is 15.0 Å². The number of nitrogens with one attached hydrogen (secondary N) is 1. The third-order valence-corrected chi connectivity index (χ3v) is 5.21. The van der Waals surface area contributed by atoms with Gasteiger partial charge in [0.1, 0.15) is 22.9 Å². The van der Waals surface area contributed by atoms with Crippen molar-refractivity contribution in [2.75, 3.05) is 6.54 Å². The zero-order chi connectivity index (χ0) is 20.0. The summed E-state index contributed by atoms with van der Waals surface area (Å²) < 4.78 is 0. The molecule has 1 atom stereocenters. The molecule has 0 radical (unpaired) electrons. The van der Waals surface area contributed by atoms with Crippen LogP contribution in [0.15, 0.2) is 36.4 Å². The summed E-state index contributed by atoms with van der Waals surface area (Å²) in [6.45, 7) is 6.45. The molecule has 3 aromatic rings. The van der Waals surface area contributed by atoms with E-state index in [0.717, 1.165) is 28.7 Å². The maximum Gasteiger partial charge on any atom is 0.273 e. The predicted molar refractivity (Wildman–Crippen MR) is 106 cm³/mol. The van der Waals surface area contributed by atoms with Gasteiger partial charge in [0.25, 0.3) is 5.91 Å². The summed E-state index contributed by atoms with van der Waals surface area (Å²) in [6.07, 6.45) is 0.808. The number of aromatic amines is 1. The molecule has 0 bridgehead atoms. The average molecular weight is 377 g/mol. The molecule has 0 spiro atoms. The number of aromatic nitrogens is 2. The highest BCUT2D eigenvalue weighted by molar-refractivity contribution is 6.00. The fourth-order valence-electron chi connectivity index (χ4n) is 4.15. The van der Waals surface area contributed by atoms with E-state index in [1.165, 1.54) is 0 Å². The Hall–Kier alpha value is -3.28. The van der Waals surface area contributed by atoms with Crippen LogP contribution in [0.25, 0.3) is 11.3 Å². The topological polar surface area (TPSA) is 89.5 Å². The van der Waals surface area contributed by atoms with Crippen LogP contribution < -0.4 is 0 Å². The van der Waals surface area contributed by atoms with Crippen LogP contribution >= 0.6 is 0 Å². The fraction of sp³-hybridized carbons (Fsp3) is 0.273. The van der Waals surface area contributed by atoms with Gasteiger partial charge in [-0.2, -0.15) is 5.10 Å². The Bertz CT molecular complexity index is 1050. The second-order valence-corrected chi connectivity index (χ2v) is 7.33. The van der Waals surface area contributed by atoms with Crippen molar-refractivity contribution in [3.05, 3.63) is 64.3 Å². The second kappa shape index (κ2) is 6.71. The largest absolute Gasteiger partial charge is 0.508 e. The summed E-state index contributed by atoms with van der Waals surface area (Å²) in [4.78, 5) is 14.8. The highest BCUT2D eigenvalue weighted by atomic mass is 16.3. The number of amides is 1. The van der Waals surface area contributed by atoms with Crippen molar-refractivity contribution in [3.8, 4) is 22.8 Å². The van der Waals surface area contributed by atoms with E-state index >= 15 is 0 Å². The number of phenolic OH excluding ortho intramolecular Hbond substituents is 2. The number of nitrogens with zero attached hydrogens (tertiary/aromatic N) is 2. The lowest BCUT2D eigenvalue weighted by molar-refractivity contribution is 0.0743. The van der Waals surface area contributed by atoms with E-state index in [2.05, 4.69) is 10.2 Å². The van der Waals surface area contributed by atoms with Gasteiger partial charge in [0, 0.05) is 17.7 Å². The van der Waals surface area contributed by atoms with Gasteiger partial charge in [0.15, 0.2) is 0 Å². The van der Waals surface area contributed by atoms with Crippen LogP contribution in [0, 0.1) is 13.8 Å². The number of H-pyrrole nitrogens is 1. The number of hydrogen-bond acceptors (Lipinski definition) is 4. The van der Waals surface area contributed by atoms with Gasteiger partial charge in [0.2, 0.25) is 0 Å². The number of carbonyl (C=O) groups excluding carboxylic acids is 1. The number of hydrogen-bond donors (Lipinski definition) is 3. The summed E-state index contributed by atoms with van der Waals surface area (Å²) in [5, 5.41) is 27.9. The van der Waals surface area contributed by atoms with Gasteiger partial charge in [-0.15, -0.1) is 0 Å². The first kappa shape index (κ1) is 18.1. The van der Waals surface area contributed by atoms with E-state index in [1.807, 2.05) is 32.9 Å². The smallest absolute Gasteiger partial charge is 0.273 e. The molecule has 0 fully saturated rings. The Morgan fingerprint density at radius 1 is 1.18 bits per heavy atom. The van der Waals surface area contributed by atoms with Crippen LogP contribution in [0.5, 0.6) is 11.5 Å². The Kier molecular flexibility index (Phi) is 4.34. The number of benzene rings is 2. The number of rotatable bonds is 4. The first-order valence-corrected chi connectivity index (χ1v) is 9.41. The quantitative estimate of drug-likeness (QED) is 0.640. The molecule has 1 aromatic heterocycles. The van der Waals surface area contributed by atoms with Crippen molar-refractivity contribution in [1.82, 2.24) is 15.1 Å². The molecule has 2 aromatic carbocycles. The molecule has 0 saturated heterocycles. The van der Waals surface area contributed by atoms with Gasteiger partial charge in [-0.3, -0.25) is 9.89 Å². The van der Waals surface area contributed by atoms with Gasteiger partial charge >= 0.3 is 0 Å². The molecule has 144 valence electrons. The number of aromatic hydroxyl groups is 2. The second-order valence-electron chi connectivity index (χ2n) is 7.33. The van der Waals surface area contributed by atoms with Gasteiger partial charge in [0.05, 0.1) is 6.04 Å². The maximum absolute atomic E-state index is 13.1. The average Bonchev–Trinajstić information content (AvgIpc) is 3.15. The van der Waals surface area contributed by atoms with Crippen molar-refractivity contribution in [3.63, 3.8) is 0 Å². The maximum atomic E-state index is 13.1. The first-order valence-electron chi connectivity index (χ1n) is 9.41. The van der Waals surface area contributed by atoms with Gasteiger partial charge < -0.3 is 15.1 Å². The van der Waals surface area contributed by atoms with Crippen LogP contribution in [-0.2, 0) is 0 Å². The summed E-state index contributed by atoms with van der Waals surface area (Å²) in [6, 6.07) is 10.3. The lowest BCUT2D eigenvalue weighted by Crippen LogP contribution is -2.30. The highest BCUT2D eigenvalue weighted by Crippen LogP contribution is 2.45. The zero-order valence-corrected chi connectivity index (χ0v) is 16.2. The molecule has 4 rings (SSSR count). The lowest BCUT2D eigenvalue weighted by Gasteiger charge is -2.26. The molecular formula is C22H23N3O3. The van der Waals surface area contributed by atoms with E-state index in [1.54, 1.807) is 29.2 Å². The Morgan fingerprint density at radius 3 is 2.64 bits per heavy atom. The summed E-state index contributed by atoms with van der Waals surface area (Å²) in [5.74, 6) is 0.172. The van der Waals surface area contributed by atoms with Gasteiger partial charge in [-0.05, 0) is 55.2 Å². The van der Waals surface area contributed by atoms with Crippen molar-refractivity contribution in [2.45, 2.75) is 33.2 Å². The summed E-state index contributed by atoms with van der Waals surface area (Å²) >= 11 is 0. The number of aryl methyl sites for hydroxylation is 2. The monoisotopic (exact) mass is 377 g/mol. The Balaban J connectivity index is 1.96. The van der Waals surface area contributed by atoms with Crippen LogP contribution in [0.2, 0.25) is 0 Å². The molecule has 1 aliphatic rings.